The molecule has 2 fully saturated rings. The predicted molar refractivity (Wildman–Crippen MR) is 80.2 cm³/mol. The molecule has 2 saturated heterocycles. The molecular formula is C17H26N2. The highest BCUT2D eigenvalue weighted by Crippen LogP contribution is 2.36. The van der Waals surface area contributed by atoms with Gasteiger partial charge in [0.05, 0.1) is 0 Å². The molecule has 3 rings (SSSR count). The monoisotopic (exact) mass is 258 g/mol. The molecule has 2 unspecified atom stereocenters. The van der Waals surface area contributed by atoms with E-state index in [0.29, 0.717) is 0 Å². The maximum absolute atomic E-state index is 3.68. The molecule has 0 aliphatic carbocycles. The Labute approximate surface area is 117 Å². The van der Waals surface area contributed by atoms with Crippen LogP contribution in [0.3, 0.4) is 0 Å². The minimum absolute atomic E-state index is 0.865. The van der Waals surface area contributed by atoms with Crippen molar-refractivity contribution in [3.63, 3.8) is 0 Å². The van der Waals surface area contributed by atoms with Crippen molar-refractivity contribution >= 4 is 0 Å². The van der Waals surface area contributed by atoms with Gasteiger partial charge in [0, 0.05) is 18.6 Å². The van der Waals surface area contributed by atoms with E-state index >= 15 is 0 Å². The Morgan fingerprint density at radius 1 is 1.16 bits per heavy atom. The first kappa shape index (κ1) is 13.1. The number of hydrogen-bond donors (Lipinski definition) is 1. The van der Waals surface area contributed by atoms with E-state index in [1.807, 2.05) is 0 Å². The molecule has 104 valence electrons. The number of rotatable bonds is 4. The van der Waals surface area contributed by atoms with Crippen molar-refractivity contribution in [2.45, 2.75) is 51.2 Å². The van der Waals surface area contributed by atoms with E-state index in [0.717, 1.165) is 24.5 Å². The summed E-state index contributed by atoms with van der Waals surface area (Å²) in [4.78, 5) is 2.62. The molecule has 1 aromatic carbocycles. The predicted octanol–water partition coefficient (Wildman–Crippen LogP) is 2.96. The Bertz CT molecular complexity index is 415. The molecule has 0 spiro atoms. The minimum atomic E-state index is 0.865. The number of benzene rings is 1. The van der Waals surface area contributed by atoms with Gasteiger partial charge in [-0.1, -0.05) is 24.3 Å². The highest BCUT2D eigenvalue weighted by atomic mass is 15.2. The summed E-state index contributed by atoms with van der Waals surface area (Å²) in [5, 5.41) is 3.68. The van der Waals surface area contributed by atoms with Gasteiger partial charge in [0.25, 0.3) is 0 Å². The van der Waals surface area contributed by atoms with Crippen LogP contribution in [0.4, 0.5) is 0 Å². The summed E-state index contributed by atoms with van der Waals surface area (Å²) in [6, 6.07) is 10.4. The van der Waals surface area contributed by atoms with Crippen LogP contribution in [0.1, 0.15) is 36.8 Å². The SMILES string of the molecule is Cc1ccccc1CNCC1CC2CCC(C1)N2C. The van der Waals surface area contributed by atoms with Crippen LogP contribution in [-0.2, 0) is 6.54 Å². The Morgan fingerprint density at radius 3 is 2.53 bits per heavy atom. The third-order valence-corrected chi connectivity index (χ3v) is 5.21. The van der Waals surface area contributed by atoms with Crippen LogP contribution in [0.25, 0.3) is 0 Å². The second-order valence-corrected chi connectivity index (χ2v) is 6.45. The van der Waals surface area contributed by atoms with Crippen LogP contribution in [-0.4, -0.2) is 30.6 Å². The second kappa shape index (κ2) is 5.64. The van der Waals surface area contributed by atoms with Gasteiger partial charge in [-0.15, -0.1) is 0 Å². The quantitative estimate of drug-likeness (QED) is 0.893. The molecule has 19 heavy (non-hydrogen) atoms. The molecule has 2 atom stereocenters. The Kier molecular flexibility index (Phi) is 3.90. The molecule has 0 saturated carbocycles. The summed E-state index contributed by atoms with van der Waals surface area (Å²) in [5.41, 5.74) is 2.84. The number of aryl methyl sites for hydroxylation is 1. The number of fused-ring (bicyclic) bond motifs is 2. The van der Waals surface area contributed by atoms with Gasteiger partial charge in [0.1, 0.15) is 0 Å². The molecule has 2 nitrogen and oxygen atoms in total. The number of piperidine rings is 1. The molecule has 2 heterocycles. The van der Waals surface area contributed by atoms with Crippen LogP contribution < -0.4 is 5.32 Å². The minimum Gasteiger partial charge on any atom is -0.312 e. The Morgan fingerprint density at radius 2 is 1.84 bits per heavy atom. The lowest BCUT2D eigenvalue weighted by Crippen LogP contribution is -2.42. The number of nitrogens with zero attached hydrogens (tertiary/aromatic N) is 1. The fraction of sp³-hybridized carbons (Fsp3) is 0.647. The van der Waals surface area contributed by atoms with E-state index in [9.17, 15) is 0 Å². The van der Waals surface area contributed by atoms with E-state index in [1.165, 1.54) is 43.4 Å². The van der Waals surface area contributed by atoms with Crippen molar-refractivity contribution in [1.29, 1.82) is 0 Å². The van der Waals surface area contributed by atoms with E-state index in [1.54, 1.807) is 0 Å². The summed E-state index contributed by atoms with van der Waals surface area (Å²) >= 11 is 0. The first-order valence-electron chi connectivity index (χ1n) is 7.71. The largest absolute Gasteiger partial charge is 0.312 e. The summed E-state index contributed by atoms with van der Waals surface area (Å²) < 4.78 is 0. The standard InChI is InChI=1S/C17H26N2/c1-13-5-3-4-6-15(13)12-18-11-14-9-16-7-8-17(10-14)19(16)2/h3-6,14,16-18H,7-12H2,1-2H3. The highest BCUT2D eigenvalue weighted by molar-refractivity contribution is 5.25. The molecule has 1 aromatic rings. The zero-order chi connectivity index (χ0) is 13.2. The molecular weight excluding hydrogens is 232 g/mol. The van der Waals surface area contributed by atoms with Crippen molar-refractivity contribution in [2.75, 3.05) is 13.6 Å². The summed E-state index contributed by atoms with van der Waals surface area (Å²) in [7, 11) is 2.32. The Hall–Kier alpha value is -0.860. The molecule has 0 radical (unpaired) electrons. The van der Waals surface area contributed by atoms with Crippen LogP contribution >= 0.6 is 0 Å². The second-order valence-electron chi connectivity index (χ2n) is 6.45. The van der Waals surface area contributed by atoms with Crippen molar-refractivity contribution in [3.8, 4) is 0 Å². The smallest absolute Gasteiger partial charge is 0.0208 e. The van der Waals surface area contributed by atoms with E-state index in [-0.39, 0.29) is 0 Å². The lowest BCUT2D eigenvalue weighted by atomic mass is 9.91. The number of nitrogens with one attached hydrogen (secondary N) is 1. The number of hydrogen-bond acceptors (Lipinski definition) is 2. The molecule has 2 aliphatic heterocycles. The lowest BCUT2D eigenvalue weighted by molar-refractivity contribution is 0.133. The Balaban J connectivity index is 1.48. The average Bonchev–Trinajstić information content (AvgIpc) is 2.64. The average molecular weight is 258 g/mol. The molecule has 0 aromatic heterocycles. The van der Waals surface area contributed by atoms with Crippen molar-refractivity contribution in [1.82, 2.24) is 10.2 Å². The fourth-order valence-corrected chi connectivity index (χ4v) is 3.91. The van der Waals surface area contributed by atoms with Gasteiger partial charge in [-0.3, -0.25) is 0 Å². The maximum Gasteiger partial charge on any atom is 0.0208 e. The first-order valence-corrected chi connectivity index (χ1v) is 7.71. The molecule has 0 amide bonds. The molecule has 2 aliphatic rings. The molecule has 2 bridgehead atoms. The summed E-state index contributed by atoms with van der Waals surface area (Å²) in [6.45, 7) is 4.41. The maximum atomic E-state index is 3.68. The van der Waals surface area contributed by atoms with Gasteiger partial charge in [-0.25, -0.2) is 0 Å². The van der Waals surface area contributed by atoms with Gasteiger partial charge in [-0.05, 0) is 63.2 Å². The van der Waals surface area contributed by atoms with Crippen molar-refractivity contribution < 1.29 is 0 Å². The van der Waals surface area contributed by atoms with Crippen molar-refractivity contribution in [2.24, 2.45) is 5.92 Å². The molecule has 1 N–H and O–H groups in total. The van der Waals surface area contributed by atoms with Crippen LogP contribution in [0.5, 0.6) is 0 Å². The summed E-state index contributed by atoms with van der Waals surface area (Å²) in [5.74, 6) is 0.887. The van der Waals surface area contributed by atoms with Crippen LogP contribution in [0, 0.1) is 12.8 Å². The zero-order valence-corrected chi connectivity index (χ0v) is 12.2. The van der Waals surface area contributed by atoms with Crippen LogP contribution in [0.2, 0.25) is 0 Å². The topological polar surface area (TPSA) is 15.3 Å². The van der Waals surface area contributed by atoms with E-state index in [4.69, 9.17) is 0 Å². The third kappa shape index (κ3) is 2.85. The van der Waals surface area contributed by atoms with E-state index < -0.39 is 0 Å². The van der Waals surface area contributed by atoms with Gasteiger partial charge in [0.15, 0.2) is 0 Å². The lowest BCUT2D eigenvalue weighted by Gasteiger charge is -2.36. The van der Waals surface area contributed by atoms with Crippen molar-refractivity contribution in [3.05, 3.63) is 35.4 Å². The zero-order valence-electron chi connectivity index (χ0n) is 12.2. The van der Waals surface area contributed by atoms with Gasteiger partial charge in [-0.2, -0.15) is 0 Å². The highest BCUT2D eigenvalue weighted by Gasteiger charge is 2.37. The molecule has 2 heteroatoms. The summed E-state index contributed by atoms with van der Waals surface area (Å²) in [6.07, 6.45) is 5.65. The van der Waals surface area contributed by atoms with Gasteiger partial charge >= 0.3 is 0 Å². The fourth-order valence-electron chi connectivity index (χ4n) is 3.91. The normalized spacial score (nSPS) is 30.7. The van der Waals surface area contributed by atoms with Crippen LogP contribution in [0.15, 0.2) is 24.3 Å². The third-order valence-electron chi connectivity index (χ3n) is 5.21. The van der Waals surface area contributed by atoms with Gasteiger partial charge < -0.3 is 10.2 Å². The van der Waals surface area contributed by atoms with E-state index in [2.05, 4.69) is 48.5 Å². The van der Waals surface area contributed by atoms with Gasteiger partial charge in [0.2, 0.25) is 0 Å². The first-order chi connectivity index (χ1) is 9.24.